The van der Waals surface area contributed by atoms with Crippen molar-refractivity contribution in [3.05, 3.63) is 24.2 Å². The second-order valence-corrected chi connectivity index (χ2v) is 6.97. The summed E-state index contributed by atoms with van der Waals surface area (Å²) >= 11 is 0. The molecule has 25 heavy (non-hydrogen) atoms. The first kappa shape index (κ1) is 23.8. The summed E-state index contributed by atoms with van der Waals surface area (Å²) < 4.78 is 5.34. The summed E-state index contributed by atoms with van der Waals surface area (Å²) in [5.74, 6) is 1.67. The highest BCUT2D eigenvalue weighted by atomic mass is 127. The molecule has 0 saturated carbocycles. The zero-order valence-corrected chi connectivity index (χ0v) is 18.4. The number of likely N-dealkylation sites (N-methyl/N-ethyl adjacent to an activating group) is 1. The summed E-state index contributed by atoms with van der Waals surface area (Å²) in [5, 5.41) is 6.29. The summed E-state index contributed by atoms with van der Waals surface area (Å²) in [6, 6.07) is 3.84. The molecule has 0 saturated heterocycles. The molecule has 0 atom stereocenters. The standard InChI is InChI=1S/C18H32N4O2.HI/c1-6-7-11-19-17(20-12-10-15-9-8-13-24-15)22(5)14-16(23)21-18(2,3)4;/h8-9,13H,6-7,10-12,14H2,1-5H3,(H,19,20)(H,21,23);1H. The van der Waals surface area contributed by atoms with E-state index in [1.165, 1.54) is 0 Å². The smallest absolute Gasteiger partial charge is 0.240 e. The van der Waals surface area contributed by atoms with Crippen LogP contribution in [0, 0.1) is 0 Å². The van der Waals surface area contributed by atoms with E-state index >= 15 is 0 Å². The van der Waals surface area contributed by atoms with Crippen LogP contribution < -0.4 is 10.6 Å². The monoisotopic (exact) mass is 464 g/mol. The molecule has 1 aromatic heterocycles. The van der Waals surface area contributed by atoms with Crippen LogP contribution in [-0.2, 0) is 11.2 Å². The molecule has 2 N–H and O–H groups in total. The maximum Gasteiger partial charge on any atom is 0.240 e. The maximum absolute atomic E-state index is 12.1. The number of rotatable bonds is 8. The normalized spacial score (nSPS) is 11.6. The third kappa shape index (κ3) is 11.1. The Hall–Kier alpha value is -1.25. The highest BCUT2D eigenvalue weighted by Crippen LogP contribution is 2.01. The molecule has 0 aromatic carbocycles. The molecule has 0 bridgehead atoms. The summed E-state index contributed by atoms with van der Waals surface area (Å²) in [4.78, 5) is 18.6. The minimum Gasteiger partial charge on any atom is -0.469 e. The van der Waals surface area contributed by atoms with Crippen molar-refractivity contribution in [3.8, 4) is 0 Å². The summed E-state index contributed by atoms with van der Waals surface area (Å²) in [6.07, 6.45) is 4.58. The average Bonchev–Trinajstić information content (AvgIpc) is 2.96. The minimum absolute atomic E-state index is 0. The fourth-order valence-corrected chi connectivity index (χ4v) is 2.16. The van der Waals surface area contributed by atoms with Crippen molar-refractivity contribution in [1.29, 1.82) is 0 Å². The van der Waals surface area contributed by atoms with E-state index in [2.05, 4.69) is 22.5 Å². The van der Waals surface area contributed by atoms with Gasteiger partial charge in [0.25, 0.3) is 0 Å². The zero-order chi connectivity index (χ0) is 18.0. The van der Waals surface area contributed by atoms with E-state index in [0.717, 1.165) is 37.5 Å². The number of nitrogens with zero attached hydrogens (tertiary/aromatic N) is 2. The molecule has 0 aliphatic rings. The molecule has 0 spiro atoms. The number of amides is 1. The molecule has 0 fully saturated rings. The van der Waals surface area contributed by atoms with Gasteiger partial charge in [0.2, 0.25) is 5.91 Å². The van der Waals surface area contributed by atoms with Crippen LogP contribution in [-0.4, -0.2) is 49.0 Å². The van der Waals surface area contributed by atoms with Crippen LogP contribution >= 0.6 is 24.0 Å². The van der Waals surface area contributed by atoms with Gasteiger partial charge in [0, 0.05) is 32.1 Å². The van der Waals surface area contributed by atoms with Gasteiger partial charge in [-0.05, 0) is 39.3 Å². The fraction of sp³-hybridized carbons (Fsp3) is 0.667. The number of hydrogen-bond donors (Lipinski definition) is 2. The van der Waals surface area contributed by atoms with Gasteiger partial charge in [0.1, 0.15) is 5.76 Å². The Morgan fingerprint density at radius 2 is 2.08 bits per heavy atom. The highest BCUT2D eigenvalue weighted by molar-refractivity contribution is 14.0. The van der Waals surface area contributed by atoms with E-state index in [-0.39, 0.29) is 42.0 Å². The minimum atomic E-state index is -0.232. The number of carbonyl (C=O) groups is 1. The Morgan fingerprint density at radius 1 is 1.36 bits per heavy atom. The van der Waals surface area contributed by atoms with Crippen molar-refractivity contribution in [2.45, 2.75) is 52.5 Å². The third-order valence-electron chi connectivity index (χ3n) is 3.26. The second-order valence-electron chi connectivity index (χ2n) is 6.97. The molecule has 144 valence electrons. The molecular weight excluding hydrogens is 431 g/mol. The fourth-order valence-electron chi connectivity index (χ4n) is 2.16. The first-order valence-electron chi connectivity index (χ1n) is 8.64. The van der Waals surface area contributed by atoms with Gasteiger partial charge in [-0.3, -0.25) is 9.79 Å². The maximum atomic E-state index is 12.1. The molecule has 1 heterocycles. The molecule has 0 aliphatic heterocycles. The van der Waals surface area contributed by atoms with Gasteiger partial charge in [-0.25, -0.2) is 0 Å². The molecule has 0 radical (unpaired) electrons. The molecule has 1 amide bonds. The number of unbranched alkanes of at least 4 members (excludes halogenated alkanes) is 1. The first-order valence-corrected chi connectivity index (χ1v) is 8.64. The molecule has 6 nitrogen and oxygen atoms in total. The summed E-state index contributed by atoms with van der Waals surface area (Å²) in [6.45, 7) is 9.80. The SMILES string of the molecule is CCCCN=C(NCCc1ccco1)N(C)CC(=O)NC(C)(C)C.I. The Labute approximate surface area is 168 Å². The van der Waals surface area contributed by atoms with Crippen LogP contribution in [0.15, 0.2) is 27.8 Å². The predicted octanol–water partition coefficient (Wildman–Crippen LogP) is 3.03. The molecular formula is C18H33IN4O2. The number of carbonyl (C=O) groups excluding carboxylic acids is 1. The molecule has 0 aliphatic carbocycles. The number of furan rings is 1. The third-order valence-corrected chi connectivity index (χ3v) is 3.26. The predicted molar refractivity (Wildman–Crippen MR) is 114 cm³/mol. The van der Waals surface area contributed by atoms with Crippen molar-refractivity contribution in [2.24, 2.45) is 4.99 Å². The van der Waals surface area contributed by atoms with E-state index in [1.807, 2.05) is 44.9 Å². The van der Waals surface area contributed by atoms with E-state index in [0.29, 0.717) is 6.54 Å². The van der Waals surface area contributed by atoms with E-state index < -0.39 is 0 Å². The zero-order valence-electron chi connectivity index (χ0n) is 16.1. The Bertz CT molecular complexity index is 510. The van der Waals surface area contributed by atoms with Gasteiger partial charge >= 0.3 is 0 Å². The van der Waals surface area contributed by atoms with E-state index in [9.17, 15) is 4.79 Å². The molecule has 0 unspecified atom stereocenters. The highest BCUT2D eigenvalue weighted by Gasteiger charge is 2.16. The number of nitrogens with one attached hydrogen (secondary N) is 2. The Morgan fingerprint density at radius 3 is 2.64 bits per heavy atom. The Kier molecular flexibility index (Phi) is 11.6. The quantitative estimate of drug-likeness (QED) is 0.269. The number of aliphatic imine (C=N–C) groups is 1. The van der Waals surface area contributed by atoms with Crippen molar-refractivity contribution < 1.29 is 9.21 Å². The summed E-state index contributed by atoms with van der Waals surface area (Å²) in [7, 11) is 1.88. The number of halogens is 1. The molecule has 1 rings (SSSR count). The lowest BCUT2D eigenvalue weighted by Crippen LogP contribution is -2.49. The van der Waals surface area contributed by atoms with Gasteiger partial charge in [0.05, 0.1) is 12.8 Å². The number of guanidine groups is 1. The van der Waals surface area contributed by atoms with Crippen molar-refractivity contribution in [1.82, 2.24) is 15.5 Å². The second kappa shape index (κ2) is 12.2. The van der Waals surface area contributed by atoms with Crippen molar-refractivity contribution in [2.75, 3.05) is 26.7 Å². The summed E-state index contributed by atoms with van der Waals surface area (Å²) in [5.41, 5.74) is -0.232. The van der Waals surface area contributed by atoms with Crippen molar-refractivity contribution >= 4 is 35.8 Å². The van der Waals surface area contributed by atoms with Crippen LogP contribution in [0.2, 0.25) is 0 Å². The van der Waals surface area contributed by atoms with Crippen LogP contribution in [0.1, 0.15) is 46.3 Å². The molecule has 1 aromatic rings. The van der Waals surface area contributed by atoms with Gasteiger partial charge in [-0.2, -0.15) is 0 Å². The number of hydrogen-bond acceptors (Lipinski definition) is 3. The van der Waals surface area contributed by atoms with Crippen LogP contribution in [0.3, 0.4) is 0 Å². The van der Waals surface area contributed by atoms with Crippen LogP contribution in [0.25, 0.3) is 0 Å². The van der Waals surface area contributed by atoms with Gasteiger partial charge in [-0.1, -0.05) is 13.3 Å². The van der Waals surface area contributed by atoms with Gasteiger partial charge in [0.15, 0.2) is 5.96 Å². The van der Waals surface area contributed by atoms with Crippen LogP contribution in [0.5, 0.6) is 0 Å². The lowest BCUT2D eigenvalue weighted by Gasteiger charge is -2.25. The van der Waals surface area contributed by atoms with Gasteiger partial charge in [-0.15, -0.1) is 24.0 Å². The van der Waals surface area contributed by atoms with Crippen LogP contribution in [0.4, 0.5) is 0 Å². The lowest BCUT2D eigenvalue weighted by molar-refractivity contribution is -0.122. The Balaban J connectivity index is 0.00000576. The van der Waals surface area contributed by atoms with Gasteiger partial charge < -0.3 is 20.0 Å². The van der Waals surface area contributed by atoms with Crippen molar-refractivity contribution in [3.63, 3.8) is 0 Å². The topological polar surface area (TPSA) is 69.9 Å². The largest absolute Gasteiger partial charge is 0.469 e. The lowest BCUT2D eigenvalue weighted by atomic mass is 10.1. The van der Waals surface area contributed by atoms with E-state index in [1.54, 1.807) is 6.26 Å². The molecule has 7 heteroatoms. The van der Waals surface area contributed by atoms with E-state index in [4.69, 9.17) is 4.42 Å². The average molecular weight is 464 g/mol. The first-order chi connectivity index (χ1) is 11.3.